The summed E-state index contributed by atoms with van der Waals surface area (Å²) in [4.78, 5) is 5.03. The maximum Gasteiger partial charge on any atom is 0.0541 e. The van der Waals surface area contributed by atoms with Gasteiger partial charge in [-0.05, 0) is 142 Å². The number of hydrogen-bond acceptors (Lipinski definition) is 2. The number of aromatic nitrogens is 2. The van der Waals surface area contributed by atoms with Crippen LogP contribution in [0.25, 0.3) is 111 Å². The Balaban J connectivity index is 0.732. The molecule has 0 saturated carbocycles. The fraction of sp³-hybridized carbons (Fsp3) is 0.0476. The molecule has 0 N–H and O–H groups in total. The second kappa shape index (κ2) is 15.7. The topological polar surface area (TPSA) is 9.86 Å². The van der Waals surface area contributed by atoms with Gasteiger partial charge in [-0.2, -0.15) is 0 Å². The molecular formula is C63H44N2S2. The third-order valence-electron chi connectivity index (χ3n) is 13.8. The van der Waals surface area contributed by atoms with Crippen molar-refractivity contribution in [1.82, 2.24) is 9.13 Å². The van der Waals surface area contributed by atoms with E-state index in [0.717, 1.165) is 0 Å². The Morgan fingerprint density at radius 1 is 0.358 bits per heavy atom. The number of benzene rings is 8. The lowest BCUT2D eigenvalue weighted by molar-refractivity contribution is 0.660. The van der Waals surface area contributed by atoms with Crippen LogP contribution in [0.4, 0.5) is 0 Å². The number of para-hydroxylation sites is 4. The summed E-state index contributed by atoms with van der Waals surface area (Å²) in [6.07, 6.45) is 9.09. The average molecular weight is 893 g/mol. The maximum absolute atomic E-state index is 2.40. The van der Waals surface area contributed by atoms with Crippen LogP contribution in [-0.2, 0) is 5.41 Å². The molecule has 0 fully saturated rings. The normalized spacial score (nSPS) is 13.2. The molecule has 13 rings (SSSR count). The summed E-state index contributed by atoms with van der Waals surface area (Å²) in [7, 11) is 0. The van der Waals surface area contributed by atoms with Gasteiger partial charge in [0.15, 0.2) is 0 Å². The smallest absolute Gasteiger partial charge is 0.0541 e. The van der Waals surface area contributed by atoms with Gasteiger partial charge in [-0.25, -0.2) is 0 Å². The van der Waals surface area contributed by atoms with E-state index in [1.807, 2.05) is 22.7 Å². The minimum absolute atomic E-state index is 0.116. The van der Waals surface area contributed by atoms with E-state index in [-0.39, 0.29) is 5.41 Å². The summed E-state index contributed by atoms with van der Waals surface area (Å²) >= 11 is 3.68. The number of thiophene rings is 2. The zero-order valence-corrected chi connectivity index (χ0v) is 38.8. The molecule has 0 unspecified atom stereocenters. The molecule has 4 heterocycles. The molecule has 0 atom stereocenters. The first-order valence-electron chi connectivity index (χ1n) is 23.0. The minimum atomic E-state index is -0.116. The van der Waals surface area contributed by atoms with E-state index in [2.05, 4.69) is 254 Å². The van der Waals surface area contributed by atoms with Crippen molar-refractivity contribution in [2.75, 3.05) is 0 Å². The van der Waals surface area contributed by atoms with E-state index >= 15 is 0 Å². The van der Waals surface area contributed by atoms with Crippen molar-refractivity contribution >= 4 is 90.6 Å². The van der Waals surface area contributed by atoms with Crippen LogP contribution in [-0.4, -0.2) is 9.13 Å². The van der Waals surface area contributed by atoms with Crippen molar-refractivity contribution < 1.29 is 0 Å². The lowest BCUT2D eigenvalue weighted by Crippen LogP contribution is -2.15. The molecule has 0 spiro atoms. The van der Waals surface area contributed by atoms with Crippen molar-refractivity contribution in [3.05, 3.63) is 238 Å². The number of rotatable bonds is 8. The van der Waals surface area contributed by atoms with Crippen LogP contribution in [0.5, 0.6) is 0 Å². The van der Waals surface area contributed by atoms with E-state index in [4.69, 9.17) is 0 Å². The first kappa shape index (κ1) is 39.6. The van der Waals surface area contributed by atoms with Crippen molar-refractivity contribution in [3.8, 4) is 43.4 Å². The molecule has 8 aromatic carbocycles. The molecular weight excluding hydrogens is 849 g/mol. The highest BCUT2D eigenvalue weighted by Crippen LogP contribution is 2.49. The van der Waals surface area contributed by atoms with Gasteiger partial charge >= 0.3 is 0 Å². The van der Waals surface area contributed by atoms with Gasteiger partial charge in [0.25, 0.3) is 0 Å². The highest BCUT2D eigenvalue weighted by molar-refractivity contribution is 7.16. The van der Waals surface area contributed by atoms with Crippen LogP contribution >= 0.6 is 22.7 Å². The lowest BCUT2D eigenvalue weighted by Gasteiger charge is -2.22. The highest BCUT2D eigenvalue weighted by atomic mass is 32.1. The number of nitrogens with zero attached hydrogens (tertiary/aromatic N) is 2. The van der Waals surface area contributed by atoms with Gasteiger partial charge in [0.2, 0.25) is 0 Å². The maximum atomic E-state index is 2.40. The second-order valence-electron chi connectivity index (χ2n) is 18.1. The molecule has 4 aromatic heterocycles. The molecule has 1 aliphatic carbocycles. The number of hydrogen-bond donors (Lipinski definition) is 0. The molecule has 318 valence electrons. The van der Waals surface area contributed by atoms with E-state index in [9.17, 15) is 0 Å². The SMILES string of the molecule is CC1(C)c2cc(C=Cc3ccc(-c4ccc5c(c4)c4ccccc4n5-c4ccccc4)s3)ccc2-c2ccc(C=Cc3ccc(-c4ccc5c(c4)c4ccccc4n5-c4ccccc4)s3)cc21. The van der Waals surface area contributed by atoms with Crippen molar-refractivity contribution in [3.63, 3.8) is 0 Å². The Hall–Kier alpha value is -7.76. The van der Waals surface area contributed by atoms with Gasteiger partial charge in [-0.3, -0.25) is 0 Å². The quantitative estimate of drug-likeness (QED) is 0.144. The van der Waals surface area contributed by atoms with Crippen LogP contribution in [0.15, 0.2) is 206 Å². The first-order chi connectivity index (χ1) is 32.9. The van der Waals surface area contributed by atoms with Gasteiger partial charge in [-0.15, -0.1) is 22.7 Å². The van der Waals surface area contributed by atoms with Gasteiger partial charge in [0, 0.05) is 57.8 Å². The molecule has 0 amide bonds. The van der Waals surface area contributed by atoms with Gasteiger partial charge in [0.05, 0.1) is 22.1 Å². The molecule has 4 heteroatoms. The van der Waals surface area contributed by atoms with Gasteiger partial charge in [-0.1, -0.05) is 147 Å². The zero-order valence-electron chi connectivity index (χ0n) is 37.2. The van der Waals surface area contributed by atoms with E-state index in [1.165, 1.54) is 119 Å². The second-order valence-corrected chi connectivity index (χ2v) is 20.4. The Kier molecular flexibility index (Phi) is 9.28. The standard InChI is InChI=1S/C63H44N2S2/c1-63(2)55-37-41(21-27-47-29-35-61(66-47)43-25-33-59-53(39-43)51-17-9-11-19-57(51)64(59)45-13-5-3-6-14-45)23-31-49(55)50-32-24-42(38-56(50)63)22-28-48-30-36-62(67-48)44-26-34-60-54(40-44)52-18-10-12-20-58(52)65(60)46-15-7-4-8-16-46/h3-40H,1-2H3. The van der Waals surface area contributed by atoms with Crippen LogP contribution in [0.1, 0.15) is 45.9 Å². The van der Waals surface area contributed by atoms with Crippen LogP contribution in [0.3, 0.4) is 0 Å². The fourth-order valence-electron chi connectivity index (χ4n) is 10.5. The molecule has 0 saturated heterocycles. The largest absolute Gasteiger partial charge is 0.309 e. The summed E-state index contributed by atoms with van der Waals surface area (Å²) in [5.41, 5.74) is 17.5. The summed E-state index contributed by atoms with van der Waals surface area (Å²) in [6.45, 7) is 4.75. The van der Waals surface area contributed by atoms with Gasteiger partial charge < -0.3 is 9.13 Å². The summed E-state index contributed by atoms with van der Waals surface area (Å²) < 4.78 is 4.75. The molecule has 0 bridgehead atoms. The number of fused-ring (bicyclic) bond motifs is 9. The molecule has 1 aliphatic rings. The third kappa shape index (κ3) is 6.67. The minimum Gasteiger partial charge on any atom is -0.309 e. The summed E-state index contributed by atoms with van der Waals surface area (Å²) in [5.74, 6) is 0. The van der Waals surface area contributed by atoms with Crippen LogP contribution in [0, 0.1) is 0 Å². The predicted octanol–water partition coefficient (Wildman–Crippen LogP) is 18.0. The fourth-order valence-corrected chi connectivity index (χ4v) is 12.3. The Morgan fingerprint density at radius 3 is 1.24 bits per heavy atom. The Bertz CT molecular complexity index is 3690. The monoisotopic (exact) mass is 892 g/mol. The predicted molar refractivity (Wildman–Crippen MR) is 290 cm³/mol. The molecule has 0 aliphatic heterocycles. The van der Waals surface area contributed by atoms with E-state index in [1.54, 1.807) is 0 Å². The summed E-state index contributed by atoms with van der Waals surface area (Å²) in [5, 5.41) is 5.10. The first-order valence-corrected chi connectivity index (χ1v) is 24.6. The molecule has 2 nitrogen and oxygen atoms in total. The lowest BCUT2D eigenvalue weighted by atomic mass is 9.81. The van der Waals surface area contributed by atoms with Gasteiger partial charge in [0.1, 0.15) is 0 Å². The zero-order chi connectivity index (χ0) is 44.6. The van der Waals surface area contributed by atoms with E-state index in [0.29, 0.717) is 0 Å². The van der Waals surface area contributed by atoms with Crippen molar-refractivity contribution in [2.24, 2.45) is 0 Å². The van der Waals surface area contributed by atoms with E-state index < -0.39 is 0 Å². The molecule has 67 heavy (non-hydrogen) atoms. The molecule has 0 radical (unpaired) electrons. The van der Waals surface area contributed by atoms with Crippen LogP contribution < -0.4 is 0 Å². The average Bonchev–Trinajstić information content (AvgIpc) is 4.21. The van der Waals surface area contributed by atoms with Crippen molar-refractivity contribution in [2.45, 2.75) is 19.3 Å². The van der Waals surface area contributed by atoms with Crippen LogP contribution in [0.2, 0.25) is 0 Å². The Morgan fingerprint density at radius 2 is 0.776 bits per heavy atom. The highest BCUT2D eigenvalue weighted by Gasteiger charge is 2.35. The van der Waals surface area contributed by atoms with Crippen molar-refractivity contribution in [1.29, 1.82) is 0 Å². The summed E-state index contributed by atoms with van der Waals surface area (Å²) in [6, 6.07) is 75.7. The third-order valence-corrected chi connectivity index (χ3v) is 16.0. The Labute approximate surface area is 398 Å². The molecule has 12 aromatic rings.